The van der Waals surface area contributed by atoms with E-state index in [1.54, 1.807) is 103 Å². The van der Waals surface area contributed by atoms with Crippen molar-refractivity contribution in [3.05, 3.63) is 131 Å². The number of rotatable bonds is 13. The van der Waals surface area contributed by atoms with Gasteiger partial charge < -0.3 is 75.7 Å². The number of nitrogens with zero attached hydrogens (tertiary/aromatic N) is 18. The molecule has 6 amide bonds. The molecule has 0 unspecified atom stereocenters. The highest BCUT2D eigenvalue weighted by Crippen LogP contribution is 2.47. The highest BCUT2D eigenvalue weighted by Gasteiger charge is 2.47. The third kappa shape index (κ3) is 17.6. The van der Waals surface area contributed by atoms with Crippen LogP contribution in [0.4, 0.5) is 98.3 Å². The lowest BCUT2D eigenvalue weighted by atomic mass is 9.91. The van der Waals surface area contributed by atoms with Crippen molar-refractivity contribution in [1.29, 1.82) is 0 Å². The molecule has 0 atom stereocenters. The Bertz CT molecular complexity index is 5450. The molecule has 4 aliphatic carbocycles. The van der Waals surface area contributed by atoms with Crippen molar-refractivity contribution in [2.45, 2.75) is 196 Å². The monoisotopic (exact) mass is 1660 g/mol. The quantitative estimate of drug-likeness (QED) is 0.0564. The molecule has 6 aromatic heterocycles. The minimum Gasteiger partial charge on any atom is -0.355 e. The third-order valence-corrected chi connectivity index (χ3v) is 25.4. The minimum atomic E-state index is -0.513. The van der Waals surface area contributed by atoms with E-state index in [9.17, 15) is 33.6 Å². The molecule has 642 valence electrons. The molecule has 18 rings (SSSR count). The summed E-state index contributed by atoms with van der Waals surface area (Å²) >= 11 is 0. The van der Waals surface area contributed by atoms with Crippen molar-refractivity contribution in [3.63, 3.8) is 0 Å². The van der Waals surface area contributed by atoms with Gasteiger partial charge in [-0.1, -0.05) is 57.4 Å². The maximum Gasteiger partial charge on any atom is 0.251 e. The zero-order valence-electron chi connectivity index (χ0n) is 72.7. The van der Waals surface area contributed by atoms with Gasteiger partial charge in [0.25, 0.3) is 5.91 Å². The van der Waals surface area contributed by atoms with Crippen molar-refractivity contribution in [1.82, 2.24) is 60.4 Å². The Kier molecular flexibility index (Phi) is 24.0. The van der Waals surface area contributed by atoms with Crippen molar-refractivity contribution in [2.24, 2.45) is 21.7 Å². The number of fused-ring (bicyclic) bond motifs is 6. The van der Waals surface area contributed by atoms with E-state index in [-0.39, 0.29) is 41.0 Å². The van der Waals surface area contributed by atoms with Gasteiger partial charge in [0.05, 0.1) is 69.5 Å². The summed E-state index contributed by atoms with van der Waals surface area (Å²) in [7, 11) is 8.84. The van der Waals surface area contributed by atoms with Crippen LogP contribution < -0.4 is 76.2 Å². The van der Waals surface area contributed by atoms with E-state index < -0.39 is 21.7 Å². The summed E-state index contributed by atoms with van der Waals surface area (Å²) in [5, 5.41) is 23.8. The van der Waals surface area contributed by atoms with Crippen LogP contribution >= 0.6 is 0 Å². The van der Waals surface area contributed by atoms with Gasteiger partial charge >= 0.3 is 0 Å². The second kappa shape index (κ2) is 34.6. The number of nitrogens with one attached hydrogen (secondary N) is 7. The highest BCUT2D eigenvalue weighted by molar-refractivity contribution is 6.04. The zero-order valence-corrected chi connectivity index (χ0v) is 72.7. The molecule has 4 fully saturated rings. The molecule has 32 heteroatoms. The van der Waals surface area contributed by atoms with Gasteiger partial charge in [-0.2, -0.15) is 25.0 Å². The number of hydrogen-bond donors (Lipinski definition) is 7. The summed E-state index contributed by atoms with van der Waals surface area (Å²) in [6.45, 7) is 20.9. The van der Waals surface area contributed by atoms with E-state index in [0.717, 1.165) is 150 Å². The molecular weight excluding hydrogens is 1540 g/mol. The van der Waals surface area contributed by atoms with Gasteiger partial charge in [-0.05, 0) is 179 Å². The Morgan fingerprint density at radius 1 is 0.434 bits per heavy atom. The average molecular weight is 1660 g/mol. The fraction of sp³-hybridized carbons (Fsp3) is 0.489. The SMILES string of the molecule is CC(=O)N1CCc2cc(Nc3ncc4c(n3)N(C3CCCC3)CC(C)(C)C(=O)N4C)ccc21.CN1C(=O)C(C)(C)CN(C2CCCC2)c2nc(Nc3ccc(=O)[nH]c3)ncc21.CN1C(=O)C(C)(C)CN(C2CCCC2)c2nc(Nc3cccc4[nH]ncc34)ncc21.CNC(=O)c1ccc(Nc2ncc3c(n2)N(C2CCCC2)CC(C)(C)C(=O)N3C)cc1. The topological polar surface area (TPSA) is 356 Å². The predicted octanol–water partition coefficient (Wildman–Crippen LogP) is 13.7. The number of pyridine rings is 1. The first kappa shape index (κ1) is 84.6. The molecule has 9 aliphatic rings. The summed E-state index contributed by atoms with van der Waals surface area (Å²) in [4.78, 5) is 145. The third-order valence-electron chi connectivity index (χ3n) is 25.4. The first-order valence-electron chi connectivity index (χ1n) is 42.9. The Morgan fingerprint density at radius 2 is 0.803 bits per heavy atom. The molecule has 7 N–H and O–H groups in total. The maximum atomic E-state index is 13.1. The second-order valence-electron chi connectivity index (χ2n) is 36.4. The molecule has 9 aromatic rings. The van der Waals surface area contributed by atoms with Gasteiger partial charge in [-0.15, -0.1) is 0 Å². The standard InChI is InChI=1S/C25H32N6O2.C23H30N6O2.C22H27N7O.C20H26N6O2/c1-16(32)30-12-11-17-13-18(9-10-20(17)30)27-24-26-14-21-22(28-24)31(19-7-5-6-8-19)15-25(2,3)23(33)29(21)4;1-23(2)14-29(17-7-5-6-8-17)19-18(28(4)21(23)31)13-25-22(27-19)26-16-11-9-15(10-12-16)20(30)24-3;1-22(2)13-29(14-7-4-5-8-14)19-18(28(3)20(22)30)12-23-21(26-19)25-16-9-6-10-17-15(16)11-24-27-17;1-20(2)12-26(14-6-4-5-7-14)17-15(25(3)18(20)28)11-22-19(24-17)23-13-8-9-16(27)21-10-13/h9-10,13-14,19H,5-8,11-12,15H2,1-4H3,(H,26,27,28);9-13,17H,5-8,14H2,1-4H3,(H,24,30)(H,25,26,27);6,9-12,14H,4-5,7-8,13H2,1-3H3,(H,24,27)(H,23,25,26);8-11,14H,4-7,12H2,1-3H3,(H,21,27)(H,22,23,24). The van der Waals surface area contributed by atoms with E-state index in [0.29, 0.717) is 85.4 Å². The van der Waals surface area contributed by atoms with E-state index in [2.05, 4.69) is 87.4 Å². The Morgan fingerprint density at radius 3 is 1.18 bits per heavy atom. The van der Waals surface area contributed by atoms with E-state index >= 15 is 0 Å². The van der Waals surface area contributed by atoms with Gasteiger partial charge in [-0.25, -0.2) is 19.9 Å². The van der Waals surface area contributed by atoms with Gasteiger partial charge in [-0.3, -0.25) is 38.7 Å². The van der Waals surface area contributed by atoms with Crippen LogP contribution in [0.1, 0.15) is 181 Å². The second-order valence-corrected chi connectivity index (χ2v) is 36.4. The number of amides is 6. The van der Waals surface area contributed by atoms with Crippen molar-refractivity contribution in [3.8, 4) is 0 Å². The fourth-order valence-electron chi connectivity index (χ4n) is 18.8. The number of aromatic amines is 2. The number of hydrogen-bond acceptors (Lipinski definition) is 24. The lowest BCUT2D eigenvalue weighted by Gasteiger charge is -2.34. The van der Waals surface area contributed by atoms with Gasteiger partial charge in [0.1, 0.15) is 22.7 Å². The molecule has 0 bridgehead atoms. The molecule has 5 aliphatic heterocycles. The predicted molar refractivity (Wildman–Crippen MR) is 480 cm³/mol. The van der Waals surface area contributed by atoms with Crippen molar-refractivity contribution in [2.75, 3.05) is 133 Å². The fourth-order valence-corrected chi connectivity index (χ4v) is 18.8. The summed E-state index contributed by atoms with van der Waals surface area (Å²) in [6.07, 6.45) is 29.8. The summed E-state index contributed by atoms with van der Waals surface area (Å²) in [5.41, 5.74) is 7.75. The summed E-state index contributed by atoms with van der Waals surface area (Å²) < 4.78 is 0. The van der Waals surface area contributed by atoms with E-state index in [4.69, 9.17) is 19.9 Å². The molecule has 4 saturated carbocycles. The van der Waals surface area contributed by atoms with Crippen LogP contribution in [-0.4, -0.2) is 183 Å². The molecule has 32 nitrogen and oxygen atoms in total. The van der Waals surface area contributed by atoms with Crippen LogP contribution in [0.2, 0.25) is 0 Å². The molecule has 11 heterocycles. The van der Waals surface area contributed by atoms with E-state index in [1.165, 1.54) is 57.4 Å². The Labute approximate surface area is 712 Å². The van der Waals surface area contributed by atoms with Crippen molar-refractivity contribution >= 4 is 145 Å². The first-order valence-corrected chi connectivity index (χ1v) is 42.9. The summed E-state index contributed by atoms with van der Waals surface area (Å²) in [5.74, 6) is 5.44. The average Bonchev–Trinajstić information content (AvgIpc) is 1.63. The maximum absolute atomic E-state index is 13.1. The number of carbonyl (C=O) groups excluding carboxylic acids is 6. The highest BCUT2D eigenvalue weighted by atomic mass is 16.2. The van der Waals surface area contributed by atoms with Crippen LogP contribution in [0.3, 0.4) is 0 Å². The number of carbonyl (C=O) groups is 6. The lowest BCUT2D eigenvalue weighted by molar-refractivity contribution is -0.126. The largest absolute Gasteiger partial charge is 0.355 e. The number of H-pyrrole nitrogens is 2. The molecule has 122 heavy (non-hydrogen) atoms. The van der Waals surface area contributed by atoms with Gasteiger partial charge in [0.2, 0.25) is 58.9 Å². The molecule has 0 saturated heterocycles. The molecule has 3 aromatic carbocycles. The number of anilines is 17. The molecule has 0 spiro atoms. The van der Waals surface area contributed by atoms with E-state index in [1.807, 2.05) is 117 Å². The number of benzene rings is 3. The summed E-state index contributed by atoms with van der Waals surface area (Å²) in [6, 6.07) is 23.8. The van der Waals surface area contributed by atoms with Crippen LogP contribution in [0.25, 0.3) is 10.9 Å². The smallest absolute Gasteiger partial charge is 0.251 e. The Balaban J connectivity index is 0.000000127. The van der Waals surface area contributed by atoms with Gasteiger partial charge in [0, 0.05) is 139 Å². The van der Waals surface area contributed by atoms with Crippen LogP contribution in [-0.2, 0) is 30.4 Å². The minimum absolute atomic E-state index is 0.0668. The Hall–Kier alpha value is -12.4. The lowest BCUT2D eigenvalue weighted by Crippen LogP contribution is -2.45. The normalized spacial score (nSPS) is 19.3. The zero-order chi connectivity index (χ0) is 86.3. The molecule has 0 radical (unpaired) electrons. The molecular formula is C90H115N25O7. The number of aromatic nitrogens is 11. The van der Waals surface area contributed by atoms with Gasteiger partial charge in [0.15, 0.2) is 23.3 Å². The van der Waals surface area contributed by atoms with Crippen LogP contribution in [0.15, 0.2) is 115 Å². The van der Waals surface area contributed by atoms with Crippen LogP contribution in [0.5, 0.6) is 0 Å². The van der Waals surface area contributed by atoms with Crippen LogP contribution in [0, 0.1) is 21.7 Å². The van der Waals surface area contributed by atoms with Crippen molar-refractivity contribution < 1.29 is 28.8 Å². The first-order chi connectivity index (χ1) is 58.3.